The first-order valence-electron chi connectivity index (χ1n) is 10.8. The summed E-state index contributed by atoms with van der Waals surface area (Å²) in [6.45, 7) is 5.58. The third-order valence-electron chi connectivity index (χ3n) is 5.04. The van der Waals surface area contributed by atoms with E-state index in [1.807, 2.05) is 85.2 Å². The number of aryl methyl sites for hydroxylation is 2. The fraction of sp³-hybridized carbons (Fsp3) is 0.360. The summed E-state index contributed by atoms with van der Waals surface area (Å²) < 4.78 is 8.21. The van der Waals surface area contributed by atoms with E-state index in [0.717, 1.165) is 41.2 Å². The summed E-state index contributed by atoms with van der Waals surface area (Å²) >= 11 is 0. The zero-order valence-electron chi connectivity index (χ0n) is 18.9. The fourth-order valence-electron chi connectivity index (χ4n) is 3.40. The predicted octanol–water partition coefficient (Wildman–Crippen LogP) is 4.15. The van der Waals surface area contributed by atoms with Crippen LogP contribution in [0.3, 0.4) is 0 Å². The molecule has 0 fully saturated rings. The minimum atomic E-state index is 0.0397. The van der Waals surface area contributed by atoms with Gasteiger partial charge < -0.3 is 15.0 Å². The molecule has 0 aliphatic rings. The zero-order chi connectivity index (χ0) is 22.2. The monoisotopic (exact) mass is 420 g/mol. The number of rotatable bonds is 10. The first-order valence-corrected chi connectivity index (χ1v) is 10.8. The van der Waals surface area contributed by atoms with Gasteiger partial charge in [-0.05, 0) is 63.7 Å². The maximum Gasteiger partial charge on any atom is 0.226 e. The lowest BCUT2D eigenvalue weighted by atomic mass is 10.1. The van der Waals surface area contributed by atoms with Crippen LogP contribution in [0, 0.1) is 6.92 Å². The van der Waals surface area contributed by atoms with E-state index < -0.39 is 0 Å². The van der Waals surface area contributed by atoms with Gasteiger partial charge in [0.2, 0.25) is 11.8 Å². The van der Waals surface area contributed by atoms with Crippen LogP contribution in [-0.2, 0) is 17.6 Å². The van der Waals surface area contributed by atoms with Gasteiger partial charge in [-0.15, -0.1) is 0 Å². The molecule has 0 saturated heterocycles. The number of carbonyl (C=O) groups is 1. The van der Waals surface area contributed by atoms with Crippen molar-refractivity contribution < 1.29 is 9.53 Å². The quantitative estimate of drug-likeness (QED) is 0.535. The smallest absolute Gasteiger partial charge is 0.226 e. The molecule has 31 heavy (non-hydrogen) atoms. The number of nitrogens with one attached hydrogen (secondary N) is 1. The second-order valence-electron chi connectivity index (χ2n) is 7.90. The van der Waals surface area contributed by atoms with Crippen molar-refractivity contribution in [3.8, 4) is 17.3 Å². The highest BCUT2D eigenvalue weighted by molar-refractivity contribution is 5.76. The van der Waals surface area contributed by atoms with Gasteiger partial charge in [-0.1, -0.05) is 37.3 Å². The van der Waals surface area contributed by atoms with Crippen molar-refractivity contribution in [2.24, 2.45) is 0 Å². The van der Waals surface area contributed by atoms with Crippen LogP contribution in [0.1, 0.15) is 30.2 Å². The van der Waals surface area contributed by atoms with E-state index in [2.05, 4.69) is 12.2 Å². The van der Waals surface area contributed by atoms with Crippen LogP contribution in [0.15, 0.2) is 54.6 Å². The Balaban J connectivity index is 1.89. The molecule has 3 rings (SSSR count). The third-order valence-corrected chi connectivity index (χ3v) is 5.04. The highest BCUT2D eigenvalue weighted by Crippen LogP contribution is 2.32. The molecule has 1 heterocycles. The van der Waals surface area contributed by atoms with Crippen LogP contribution in [0.4, 0.5) is 0 Å². The van der Waals surface area contributed by atoms with Crippen molar-refractivity contribution in [1.82, 2.24) is 20.0 Å². The second kappa shape index (κ2) is 10.8. The topological polar surface area (TPSA) is 59.4 Å². The molecule has 0 bridgehead atoms. The molecule has 6 nitrogen and oxygen atoms in total. The largest absolute Gasteiger partial charge is 0.439 e. The molecule has 0 saturated carbocycles. The Kier molecular flexibility index (Phi) is 7.84. The molecule has 0 spiro atoms. The number of aromatic nitrogens is 2. The Morgan fingerprint density at radius 2 is 1.90 bits per heavy atom. The number of carbonyl (C=O) groups excluding carboxylic acids is 1. The van der Waals surface area contributed by atoms with E-state index in [9.17, 15) is 4.79 Å². The number of hydrogen-bond donors (Lipinski definition) is 1. The average molecular weight is 421 g/mol. The van der Waals surface area contributed by atoms with Gasteiger partial charge in [0.15, 0.2) is 0 Å². The van der Waals surface area contributed by atoms with Gasteiger partial charge in [0.05, 0.1) is 11.4 Å². The van der Waals surface area contributed by atoms with E-state index in [4.69, 9.17) is 9.84 Å². The Morgan fingerprint density at radius 3 is 2.58 bits per heavy atom. The van der Waals surface area contributed by atoms with E-state index in [-0.39, 0.29) is 5.91 Å². The van der Waals surface area contributed by atoms with Gasteiger partial charge in [0, 0.05) is 25.1 Å². The zero-order valence-corrected chi connectivity index (χ0v) is 18.9. The third kappa shape index (κ3) is 6.18. The molecule has 0 radical (unpaired) electrons. The Labute approximate surface area is 184 Å². The molecule has 0 unspecified atom stereocenters. The van der Waals surface area contributed by atoms with Crippen molar-refractivity contribution in [2.45, 2.75) is 33.1 Å². The maximum absolute atomic E-state index is 12.4. The van der Waals surface area contributed by atoms with Crippen LogP contribution in [-0.4, -0.2) is 47.8 Å². The Bertz CT molecular complexity index is 996. The molecule has 0 atom stereocenters. The molecule has 0 aliphatic carbocycles. The molecule has 3 aromatic rings. The summed E-state index contributed by atoms with van der Waals surface area (Å²) in [5.41, 5.74) is 3.99. The molecule has 0 aliphatic heterocycles. The molecule has 1 amide bonds. The van der Waals surface area contributed by atoms with E-state index in [1.54, 1.807) is 0 Å². The molecule has 2 aromatic carbocycles. The molecule has 1 N–H and O–H groups in total. The van der Waals surface area contributed by atoms with Crippen LogP contribution < -0.4 is 10.1 Å². The van der Waals surface area contributed by atoms with E-state index in [1.165, 1.54) is 0 Å². The van der Waals surface area contributed by atoms with Crippen molar-refractivity contribution >= 4 is 5.91 Å². The predicted molar refractivity (Wildman–Crippen MR) is 124 cm³/mol. The van der Waals surface area contributed by atoms with Crippen LogP contribution in [0.25, 0.3) is 5.69 Å². The standard InChI is InChI=1S/C25H32N4O2/c1-5-23-22(14-15-24(30)26-16-17-28(3)4)25(31-21-13-9-10-19(2)18-21)29(27-23)20-11-7-6-8-12-20/h6-13,18H,5,14-17H2,1-4H3,(H,26,30). The Hall–Kier alpha value is -3.12. The molecule has 1 aromatic heterocycles. The number of nitrogens with zero attached hydrogens (tertiary/aromatic N) is 3. The number of amides is 1. The van der Waals surface area contributed by atoms with Crippen molar-refractivity contribution in [1.29, 1.82) is 0 Å². The van der Waals surface area contributed by atoms with Gasteiger partial charge in [-0.2, -0.15) is 5.10 Å². The SMILES string of the molecule is CCc1nn(-c2ccccc2)c(Oc2cccc(C)c2)c1CCC(=O)NCCN(C)C. The van der Waals surface area contributed by atoms with Crippen molar-refractivity contribution in [3.63, 3.8) is 0 Å². The molecule has 164 valence electrons. The van der Waals surface area contributed by atoms with E-state index in [0.29, 0.717) is 25.3 Å². The van der Waals surface area contributed by atoms with Gasteiger partial charge in [0.1, 0.15) is 5.75 Å². The van der Waals surface area contributed by atoms with Crippen molar-refractivity contribution in [3.05, 3.63) is 71.4 Å². The molecule has 6 heteroatoms. The lowest BCUT2D eigenvalue weighted by Gasteiger charge is -2.13. The number of para-hydroxylation sites is 1. The first-order chi connectivity index (χ1) is 15.0. The summed E-state index contributed by atoms with van der Waals surface area (Å²) in [6, 6.07) is 17.9. The van der Waals surface area contributed by atoms with E-state index >= 15 is 0 Å². The minimum absolute atomic E-state index is 0.0397. The van der Waals surface area contributed by atoms with Crippen LogP contribution in [0.2, 0.25) is 0 Å². The lowest BCUT2D eigenvalue weighted by molar-refractivity contribution is -0.121. The fourth-order valence-corrected chi connectivity index (χ4v) is 3.40. The summed E-state index contributed by atoms with van der Waals surface area (Å²) in [4.78, 5) is 14.4. The van der Waals surface area contributed by atoms with Gasteiger partial charge in [0.25, 0.3) is 0 Å². The number of benzene rings is 2. The number of hydrogen-bond acceptors (Lipinski definition) is 4. The summed E-state index contributed by atoms with van der Waals surface area (Å²) in [6.07, 6.45) is 1.73. The average Bonchev–Trinajstić information content (AvgIpc) is 3.10. The summed E-state index contributed by atoms with van der Waals surface area (Å²) in [5.74, 6) is 1.48. The van der Waals surface area contributed by atoms with Gasteiger partial charge >= 0.3 is 0 Å². The van der Waals surface area contributed by atoms with Crippen LogP contribution in [0.5, 0.6) is 11.6 Å². The highest BCUT2D eigenvalue weighted by Gasteiger charge is 2.21. The second-order valence-corrected chi connectivity index (χ2v) is 7.90. The highest BCUT2D eigenvalue weighted by atomic mass is 16.5. The summed E-state index contributed by atoms with van der Waals surface area (Å²) in [5, 5.41) is 7.82. The van der Waals surface area contributed by atoms with Crippen molar-refractivity contribution in [2.75, 3.05) is 27.2 Å². The first kappa shape index (κ1) is 22.6. The van der Waals surface area contributed by atoms with Gasteiger partial charge in [-0.25, -0.2) is 4.68 Å². The lowest BCUT2D eigenvalue weighted by Crippen LogP contribution is -2.31. The molecular formula is C25H32N4O2. The number of likely N-dealkylation sites (N-methyl/N-ethyl adjacent to an activating group) is 1. The molecular weight excluding hydrogens is 388 g/mol. The van der Waals surface area contributed by atoms with Gasteiger partial charge in [-0.3, -0.25) is 4.79 Å². The maximum atomic E-state index is 12.4. The minimum Gasteiger partial charge on any atom is -0.439 e. The Morgan fingerprint density at radius 1 is 1.13 bits per heavy atom. The van der Waals surface area contributed by atoms with Crippen LogP contribution >= 0.6 is 0 Å². The normalized spacial score (nSPS) is 11.0. The number of ether oxygens (including phenoxy) is 1. The summed E-state index contributed by atoms with van der Waals surface area (Å²) in [7, 11) is 3.99.